The maximum Gasteiger partial charge on any atom is 0.339 e. The molecule has 2 aliphatic rings. The third-order valence-corrected chi connectivity index (χ3v) is 4.28. The molecule has 1 atom stereocenters. The standard InChI is InChI=1S/C16H18O3/c1-11-6-3-4-9-16(11)10-13-12(15(17)19-16)7-5-8-14(13)18-2/h5,7-8H,1,3-4,6,9-10H2,2H3. The summed E-state index contributed by atoms with van der Waals surface area (Å²) < 4.78 is 11.2. The molecular formula is C16H18O3. The van der Waals surface area contributed by atoms with Gasteiger partial charge in [-0.3, -0.25) is 0 Å². The van der Waals surface area contributed by atoms with E-state index in [-0.39, 0.29) is 5.97 Å². The lowest BCUT2D eigenvalue weighted by atomic mass is 9.74. The van der Waals surface area contributed by atoms with E-state index in [1.54, 1.807) is 13.2 Å². The van der Waals surface area contributed by atoms with Crippen LogP contribution in [0.4, 0.5) is 0 Å². The van der Waals surface area contributed by atoms with Crippen LogP contribution >= 0.6 is 0 Å². The van der Waals surface area contributed by atoms with Crippen molar-refractivity contribution in [3.63, 3.8) is 0 Å². The van der Waals surface area contributed by atoms with Crippen LogP contribution in [-0.4, -0.2) is 18.7 Å². The van der Waals surface area contributed by atoms with Gasteiger partial charge in [0.2, 0.25) is 0 Å². The molecular weight excluding hydrogens is 240 g/mol. The fourth-order valence-corrected chi connectivity index (χ4v) is 3.17. The van der Waals surface area contributed by atoms with Crippen LogP contribution in [0.2, 0.25) is 0 Å². The van der Waals surface area contributed by atoms with Gasteiger partial charge in [0, 0.05) is 12.0 Å². The average Bonchev–Trinajstić information content (AvgIpc) is 2.42. The van der Waals surface area contributed by atoms with E-state index < -0.39 is 5.60 Å². The maximum atomic E-state index is 12.3. The summed E-state index contributed by atoms with van der Waals surface area (Å²) >= 11 is 0. The normalized spacial score (nSPS) is 25.9. The van der Waals surface area contributed by atoms with Gasteiger partial charge in [0.1, 0.15) is 11.4 Å². The second-order valence-corrected chi connectivity index (χ2v) is 5.36. The highest BCUT2D eigenvalue weighted by atomic mass is 16.6. The molecule has 0 N–H and O–H groups in total. The van der Waals surface area contributed by atoms with Crippen molar-refractivity contribution < 1.29 is 14.3 Å². The summed E-state index contributed by atoms with van der Waals surface area (Å²) in [5.74, 6) is 0.523. The highest BCUT2D eigenvalue weighted by molar-refractivity contribution is 5.93. The van der Waals surface area contributed by atoms with Crippen LogP contribution in [0.25, 0.3) is 0 Å². The van der Waals surface area contributed by atoms with Gasteiger partial charge in [0.25, 0.3) is 0 Å². The van der Waals surface area contributed by atoms with Crippen molar-refractivity contribution >= 4 is 5.97 Å². The number of carbonyl (C=O) groups excluding carboxylic acids is 1. The number of ether oxygens (including phenoxy) is 2. The molecule has 3 nitrogen and oxygen atoms in total. The van der Waals surface area contributed by atoms with Crippen molar-refractivity contribution in [1.29, 1.82) is 0 Å². The van der Waals surface area contributed by atoms with Crippen LogP contribution in [-0.2, 0) is 11.2 Å². The molecule has 0 bridgehead atoms. The molecule has 1 unspecified atom stereocenters. The fraction of sp³-hybridized carbons (Fsp3) is 0.438. The first-order valence-electron chi connectivity index (χ1n) is 6.74. The van der Waals surface area contributed by atoms with Gasteiger partial charge in [-0.25, -0.2) is 4.79 Å². The predicted molar refractivity (Wildman–Crippen MR) is 72.5 cm³/mol. The zero-order valence-corrected chi connectivity index (χ0v) is 11.2. The Morgan fingerprint density at radius 3 is 2.95 bits per heavy atom. The van der Waals surface area contributed by atoms with Crippen molar-refractivity contribution in [2.45, 2.75) is 37.7 Å². The van der Waals surface area contributed by atoms with Gasteiger partial charge in [-0.15, -0.1) is 0 Å². The molecule has 0 saturated heterocycles. The molecule has 1 saturated carbocycles. The van der Waals surface area contributed by atoms with Crippen LogP contribution in [0.15, 0.2) is 30.4 Å². The minimum absolute atomic E-state index is 0.247. The first-order valence-corrected chi connectivity index (χ1v) is 6.74. The molecule has 1 heterocycles. The summed E-state index contributed by atoms with van der Waals surface area (Å²) in [5.41, 5.74) is 2.13. The van der Waals surface area contributed by atoms with Gasteiger partial charge in [-0.1, -0.05) is 12.6 Å². The quantitative estimate of drug-likeness (QED) is 0.573. The Labute approximate surface area is 113 Å². The highest BCUT2D eigenvalue weighted by Gasteiger charge is 2.44. The minimum atomic E-state index is -0.503. The zero-order chi connectivity index (χ0) is 13.5. The summed E-state index contributed by atoms with van der Waals surface area (Å²) in [6, 6.07) is 5.53. The Bertz CT molecular complexity index is 547. The monoisotopic (exact) mass is 258 g/mol. The predicted octanol–water partition coefficient (Wildman–Crippen LogP) is 3.28. The van der Waals surface area contributed by atoms with E-state index in [0.717, 1.165) is 42.6 Å². The topological polar surface area (TPSA) is 35.5 Å². The van der Waals surface area contributed by atoms with Gasteiger partial charge in [0.05, 0.1) is 12.7 Å². The number of rotatable bonds is 1. The van der Waals surface area contributed by atoms with E-state index >= 15 is 0 Å². The van der Waals surface area contributed by atoms with Crippen LogP contribution in [0.3, 0.4) is 0 Å². The first kappa shape index (κ1) is 12.3. The SMILES string of the molecule is C=C1CCCCC12Cc1c(OC)cccc1C(=O)O2. The van der Waals surface area contributed by atoms with Crippen LogP contribution in [0.1, 0.15) is 41.6 Å². The smallest absolute Gasteiger partial charge is 0.339 e. The van der Waals surface area contributed by atoms with Crippen LogP contribution < -0.4 is 4.74 Å². The molecule has 3 rings (SSSR count). The molecule has 0 aromatic heterocycles. The van der Waals surface area contributed by atoms with E-state index in [1.165, 1.54) is 0 Å². The van der Waals surface area contributed by atoms with Gasteiger partial charge >= 0.3 is 5.97 Å². The molecule has 1 aromatic rings. The number of hydrogen-bond donors (Lipinski definition) is 0. The summed E-state index contributed by atoms with van der Waals surface area (Å²) in [6.45, 7) is 4.14. The number of methoxy groups -OCH3 is 1. The first-order chi connectivity index (χ1) is 9.16. The number of benzene rings is 1. The molecule has 0 radical (unpaired) electrons. The lowest BCUT2D eigenvalue weighted by molar-refractivity contribution is -0.0177. The molecule has 1 aliphatic carbocycles. The van der Waals surface area contributed by atoms with E-state index in [9.17, 15) is 4.79 Å². The van der Waals surface area contributed by atoms with Gasteiger partial charge in [-0.2, -0.15) is 0 Å². The molecule has 1 spiro atoms. The Balaban J connectivity index is 2.07. The molecule has 3 heteroatoms. The van der Waals surface area contributed by atoms with E-state index in [1.807, 2.05) is 12.1 Å². The maximum absolute atomic E-state index is 12.3. The van der Waals surface area contributed by atoms with Gasteiger partial charge in [-0.05, 0) is 43.4 Å². The number of esters is 1. The van der Waals surface area contributed by atoms with Crippen molar-refractivity contribution in [1.82, 2.24) is 0 Å². The van der Waals surface area contributed by atoms with Crippen molar-refractivity contribution in [3.8, 4) is 5.75 Å². The van der Waals surface area contributed by atoms with E-state index in [4.69, 9.17) is 9.47 Å². The van der Waals surface area contributed by atoms with Crippen molar-refractivity contribution in [3.05, 3.63) is 41.5 Å². The fourth-order valence-electron chi connectivity index (χ4n) is 3.17. The second kappa shape index (κ2) is 4.41. The zero-order valence-electron chi connectivity index (χ0n) is 11.2. The largest absolute Gasteiger partial charge is 0.496 e. The van der Waals surface area contributed by atoms with Crippen molar-refractivity contribution in [2.75, 3.05) is 7.11 Å². The molecule has 1 fully saturated rings. The van der Waals surface area contributed by atoms with E-state index in [0.29, 0.717) is 12.0 Å². The van der Waals surface area contributed by atoms with Crippen molar-refractivity contribution in [2.24, 2.45) is 0 Å². The van der Waals surface area contributed by atoms with Crippen LogP contribution in [0, 0.1) is 0 Å². The third-order valence-electron chi connectivity index (χ3n) is 4.28. The molecule has 100 valence electrons. The van der Waals surface area contributed by atoms with E-state index in [2.05, 4.69) is 6.58 Å². The summed E-state index contributed by atoms with van der Waals surface area (Å²) in [7, 11) is 1.64. The number of carbonyl (C=O) groups is 1. The second-order valence-electron chi connectivity index (χ2n) is 5.36. The molecule has 1 aromatic carbocycles. The Kier molecular flexibility index (Phi) is 2.85. The summed E-state index contributed by atoms with van der Waals surface area (Å²) in [5, 5.41) is 0. The van der Waals surface area contributed by atoms with Gasteiger partial charge < -0.3 is 9.47 Å². The average molecular weight is 258 g/mol. The lowest BCUT2D eigenvalue weighted by Gasteiger charge is -2.42. The minimum Gasteiger partial charge on any atom is -0.496 e. The molecule has 19 heavy (non-hydrogen) atoms. The third kappa shape index (κ3) is 1.84. The highest BCUT2D eigenvalue weighted by Crippen LogP contribution is 2.44. The van der Waals surface area contributed by atoms with Crippen LogP contribution in [0.5, 0.6) is 5.75 Å². The molecule has 1 aliphatic heterocycles. The van der Waals surface area contributed by atoms with Gasteiger partial charge in [0.15, 0.2) is 0 Å². The molecule has 0 amide bonds. The number of hydrogen-bond acceptors (Lipinski definition) is 3. The Hall–Kier alpha value is -1.77. The summed E-state index contributed by atoms with van der Waals surface area (Å²) in [6.07, 6.45) is 4.72. The summed E-state index contributed by atoms with van der Waals surface area (Å²) in [4.78, 5) is 12.3. The Morgan fingerprint density at radius 2 is 2.21 bits per heavy atom. The lowest BCUT2D eigenvalue weighted by Crippen LogP contribution is -2.44. The Morgan fingerprint density at radius 1 is 1.37 bits per heavy atom. The number of fused-ring (bicyclic) bond motifs is 1.